The normalized spacial score (nSPS) is 23.2. The number of rotatable bonds is 3. The molecule has 0 unspecified atom stereocenters. The summed E-state index contributed by atoms with van der Waals surface area (Å²) in [6.45, 7) is 4.30. The van der Waals surface area contributed by atoms with Gasteiger partial charge in [-0.3, -0.25) is 4.79 Å². The number of fused-ring (bicyclic) bond motifs is 1. The maximum absolute atomic E-state index is 12.8. The minimum Gasteiger partial charge on any atom is -0.351 e. The van der Waals surface area contributed by atoms with Gasteiger partial charge in [-0.25, -0.2) is 9.97 Å². The van der Waals surface area contributed by atoms with E-state index in [9.17, 15) is 4.79 Å². The lowest BCUT2D eigenvalue weighted by Crippen LogP contribution is -2.48. The number of anilines is 1. The van der Waals surface area contributed by atoms with Gasteiger partial charge in [0.2, 0.25) is 11.9 Å². The second-order valence-electron chi connectivity index (χ2n) is 6.85. The number of hydrogen-bond donors (Lipinski definition) is 1. The van der Waals surface area contributed by atoms with Crippen LogP contribution in [0.15, 0.2) is 18.5 Å². The first kappa shape index (κ1) is 16.0. The fraction of sp³-hybridized carbons (Fsp3) is 0.588. The quantitative estimate of drug-likeness (QED) is 0.885. The van der Waals surface area contributed by atoms with Crippen LogP contribution in [0.4, 0.5) is 5.95 Å². The molecule has 0 saturated carbocycles. The van der Waals surface area contributed by atoms with Crippen molar-refractivity contribution in [2.45, 2.75) is 45.2 Å². The van der Waals surface area contributed by atoms with Crippen LogP contribution in [0.5, 0.6) is 0 Å². The van der Waals surface area contributed by atoms with E-state index in [-0.39, 0.29) is 17.9 Å². The highest BCUT2D eigenvalue weighted by molar-refractivity contribution is 5.79. The van der Waals surface area contributed by atoms with Gasteiger partial charge in [-0.15, -0.1) is 10.2 Å². The topological polar surface area (TPSA) is 88.8 Å². The third-order valence-electron chi connectivity index (χ3n) is 5.11. The lowest BCUT2D eigenvalue weighted by Gasteiger charge is -2.33. The summed E-state index contributed by atoms with van der Waals surface area (Å²) in [4.78, 5) is 23.5. The van der Waals surface area contributed by atoms with Gasteiger partial charge in [-0.2, -0.15) is 0 Å². The largest absolute Gasteiger partial charge is 0.351 e. The molecule has 2 aromatic rings. The number of aryl methyl sites for hydroxylation is 2. The van der Waals surface area contributed by atoms with E-state index < -0.39 is 0 Å². The van der Waals surface area contributed by atoms with Crippen LogP contribution in [0.3, 0.4) is 0 Å². The van der Waals surface area contributed by atoms with E-state index in [4.69, 9.17) is 0 Å². The third-order valence-corrected chi connectivity index (χ3v) is 5.11. The Morgan fingerprint density at radius 3 is 2.88 bits per heavy atom. The van der Waals surface area contributed by atoms with Crippen molar-refractivity contribution in [2.75, 3.05) is 18.0 Å². The van der Waals surface area contributed by atoms with E-state index in [1.165, 1.54) is 0 Å². The van der Waals surface area contributed by atoms with Crippen LogP contribution in [0.2, 0.25) is 0 Å². The summed E-state index contributed by atoms with van der Waals surface area (Å²) in [6, 6.07) is 1.96. The van der Waals surface area contributed by atoms with E-state index in [1.54, 1.807) is 12.4 Å². The lowest BCUT2D eigenvalue weighted by atomic mass is 9.96. The first-order chi connectivity index (χ1) is 12.2. The molecule has 132 valence electrons. The average molecular weight is 341 g/mol. The van der Waals surface area contributed by atoms with Gasteiger partial charge in [0.05, 0.1) is 5.92 Å². The standard InChI is InChI=1S/C17H23N7O/c1-12-21-22-15-6-5-14(11-24(12)15)20-16(25)13-4-2-9-23(10-13)17-18-7-3-8-19-17/h3,7-8,13-14H,2,4-6,9-11H2,1H3,(H,20,25)/t13-,14+/m0/s1. The SMILES string of the molecule is Cc1nnc2n1C[C@H](NC(=O)[C@H]1CCCN(c3ncccn3)C1)CC2. The average Bonchev–Trinajstić information content (AvgIpc) is 3.03. The van der Waals surface area contributed by atoms with Crippen LogP contribution in [0, 0.1) is 12.8 Å². The summed E-state index contributed by atoms with van der Waals surface area (Å²) in [5, 5.41) is 11.5. The van der Waals surface area contributed by atoms with Crippen molar-refractivity contribution in [3.05, 3.63) is 30.1 Å². The minimum absolute atomic E-state index is 0.0130. The molecule has 0 aromatic carbocycles. The van der Waals surface area contributed by atoms with E-state index in [0.717, 1.165) is 50.4 Å². The number of hydrogen-bond acceptors (Lipinski definition) is 6. The van der Waals surface area contributed by atoms with Crippen molar-refractivity contribution in [2.24, 2.45) is 5.92 Å². The van der Waals surface area contributed by atoms with Crippen LogP contribution in [0.25, 0.3) is 0 Å². The fourth-order valence-corrected chi connectivity index (χ4v) is 3.73. The molecule has 8 heteroatoms. The summed E-state index contributed by atoms with van der Waals surface area (Å²) in [7, 11) is 0. The van der Waals surface area contributed by atoms with Crippen LogP contribution >= 0.6 is 0 Å². The first-order valence-electron chi connectivity index (χ1n) is 8.92. The van der Waals surface area contributed by atoms with Gasteiger partial charge in [0.25, 0.3) is 0 Å². The van der Waals surface area contributed by atoms with Crippen molar-refractivity contribution < 1.29 is 4.79 Å². The summed E-state index contributed by atoms with van der Waals surface area (Å²) < 4.78 is 2.11. The molecule has 1 N–H and O–H groups in total. The Balaban J connectivity index is 1.37. The van der Waals surface area contributed by atoms with E-state index in [0.29, 0.717) is 12.5 Å². The number of carbonyl (C=O) groups excluding carboxylic acids is 1. The Bertz CT molecular complexity index is 745. The van der Waals surface area contributed by atoms with Gasteiger partial charge in [0.15, 0.2) is 0 Å². The molecule has 4 rings (SSSR count). The van der Waals surface area contributed by atoms with Crippen LogP contribution in [-0.4, -0.2) is 49.8 Å². The molecule has 0 aliphatic carbocycles. The highest BCUT2D eigenvalue weighted by atomic mass is 16.2. The molecule has 2 aliphatic rings. The van der Waals surface area contributed by atoms with Gasteiger partial charge in [-0.05, 0) is 32.3 Å². The zero-order valence-electron chi connectivity index (χ0n) is 14.4. The molecule has 1 saturated heterocycles. The molecule has 8 nitrogen and oxygen atoms in total. The van der Waals surface area contributed by atoms with Gasteiger partial charge < -0.3 is 14.8 Å². The molecule has 0 radical (unpaired) electrons. The Morgan fingerprint density at radius 2 is 2.04 bits per heavy atom. The Hall–Kier alpha value is -2.51. The molecule has 2 atom stereocenters. The second-order valence-corrected chi connectivity index (χ2v) is 6.85. The molecular formula is C17H23N7O. The van der Waals surface area contributed by atoms with Crippen molar-refractivity contribution in [3.63, 3.8) is 0 Å². The van der Waals surface area contributed by atoms with Crippen molar-refractivity contribution in [3.8, 4) is 0 Å². The molecule has 0 bridgehead atoms. The summed E-state index contributed by atoms with van der Waals surface area (Å²) in [5.74, 6) is 2.77. The van der Waals surface area contributed by atoms with Crippen molar-refractivity contribution in [1.29, 1.82) is 0 Å². The lowest BCUT2D eigenvalue weighted by molar-refractivity contribution is -0.126. The highest BCUT2D eigenvalue weighted by Crippen LogP contribution is 2.21. The Labute approximate surface area is 146 Å². The number of piperidine rings is 1. The van der Waals surface area contributed by atoms with E-state index >= 15 is 0 Å². The van der Waals surface area contributed by atoms with Gasteiger partial charge in [0, 0.05) is 44.5 Å². The van der Waals surface area contributed by atoms with E-state index in [1.807, 2.05) is 13.0 Å². The minimum atomic E-state index is -0.0130. The summed E-state index contributed by atoms with van der Waals surface area (Å²) >= 11 is 0. The molecule has 25 heavy (non-hydrogen) atoms. The Kier molecular flexibility index (Phi) is 4.33. The third kappa shape index (κ3) is 3.33. The fourth-order valence-electron chi connectivity index (χ4n) is 3.73. The number of amides is 1. The van der Waals surface area contributed by atoms with Gasteiger partial charge in [-0.1, -0.05) is 0 Å². The molecular weight excluding hydrogens is 318 g/mol. The molecule has 2 aliphatic heterocycles. The molecule has 2 aromatic heterocycles. The zero-order valence-corrected chi connectivity index (χ0v) is 14.4. The zero-order chi connectivity index (χ0) is 17.2. The number of nitrogens with zero attached hydrogens (tertiary/aromatic N) is 6. The molecule has 0 spiro atoms. The number of aromatic nitrogens is 5. The maximum atomic E-state index is 12.8. The predicted molar refractivity (Wildman–Crippen MR) is 92.0 cm³/mol. The monoisotopic (exact) mass is 341 g/mol. The summed E-state index contributed by atoms with van der Waals surface area (Å²) in [5.41, 5.74) is 0. The number of carbonyl (C=O) groups is 1. The van der Waals surface area contributed by atoms with E-state index in [2.05, 4.69) is 34.9 Å². The van der Waals surface area contributed by atoms with Crippen molar-refractivity contribution >= 4 is 11.9 Å². The number of nitrogens with one attached hydrogen (secondary N) is 1. The smallest absolute Gasteiger partial charge is 0.225 e. The van der Waals surface area contributed by atoms with Crippen LogP contribution in [-0.2, 0) is 17.8 Å². The summed E-state index contributed by atoms with van der Waals surface area (Å²) in [6.07, 6.45) is 7.16. The molecule has 4 heterocycles. The van der Waals surface area contributed by atoms with Gasteiger partial charge in [0.1, 0.15) is 11.6 Å². The Morgan fingerprint density at radius 1 is 1.20 bits per heavy atom. The molecule has 1 fully saturated rings. The first-order valence-corrected chi connectivity index (χ1v) is 8.92. The maximum Gasteiger partial charge on any atom is 0.225 e. The van der Waals surface area contributed by atoms with Crippen LogP contribution in [0.1, 0.15) is 30.9 Å². The van der Waals surface area contributed by atoms with Gasteiger partial charge >= 0.3 is 0 Å². The van der Waals surface area contributed by atoms with Crippen molar-refractivity contribution in [1.82, 2.24) is 30.0 Å². The second kappa shape index (κ2) is 6.78. The predicted octanol–water partition coefficient (Wildman–Crippen LogP) is 0.724. The highest BCUT2D eigenvalue weighted by Gasteiger charge is 2.30. The molecule has 1 amide bonds. The van der Waals surface area contributed by atoms with Crippen LogP contribution < -0.4 is 10.2 Å².